The molecule has 10 heavy (non-hydrogen) atoms. The zero-order chi connectivity index (χ0) is 6.97. The lowest BCUT2D eigenvalue weighted by molar-refractivity contribution is -0.115. The molecular formula is C8H5NO. The molecule has 2 nitrogen and oxygen atoms in total. The summed E-state index contributed by atoms with van der Waals surface area (Å²) in [6.07, 6.45) is 0.487. The highest BCUT2D eigenvalue weighted by atomic mass is 16.1. The molecule has 2 rings (SSSR count). The number of amides is 1. The van der Waals surface area contributed by atoms with Gasteiger partial charge in [0, 0.05) is 6.07 Å². The summed E-state index contributed by atoms with van der Waals surface area (Å²) in [6.45, 7) is 0. The van der Waals surface area contributed by atoms with Crippen molar-refractivity contribution in [2.24, 2.45) is 0 Å². The van der Waals surface area contributed by atoms with Crippen molar-refractivity contribution >= 4 is 11.6 Å². The van der Waals surface area contributed by atoms with E-state index in [1.165, 1.54) is 0 Å². The van der Waals surface area contributed by atoms with E-state index in [-0.39, 0.29) is 5.91 Å². The minimum Gasteiger partial charge on any atom is -0.325 e. The van der Waals surface area contributed by atoms with Crippen LogP contribution in [0.3, 0.4) is 0 Å². The van der Waals surface area contributed by atoms with Crippen molar-refractivity contribution in [1.29, 1.82) is 0 Å². The monoisotopic (exact) mass is 131 g/mol. The third kappa shape index (κ3) is 0.645. The van der Waals surface area contributed by atoms with Gasteiger partial charge in [0.1, 0.15) is 0 Å². The molecule has 2 heteroatoms. The van der Waals surface area contributed by atoms with E-state index in [9.17, 15) is 4.79 Å². The van der Waals surface area contributed by atoms with Crippen molar-refractivity contribution in [2.75, 3.05) is 5.32 Å². The Balaban J connectivity index is 2.51. The predicted molar refractivity (Wildman–Crippen MR) is 36.4 cm³/mol. The van der Waals surface area contributed by atoms with Crippen molar-refractivity contribution in [3.05, 3.63) is 29.8 Å². The van der Waals surface area contributed by atoms with Gasteiger partial charge in [-0.15, -0.1) is 0 Å². The molecule has 0 aromatic heterocycles. The number of hydrogen-bond donors (Lipinski definition) is 1. The van der Waals surface area contributed by atoms with Gasteiger partial charge in [0.2, 0.25) is 5.91 Å². The Morgan fingerprint density at radius 1 is 1.40 bits per heavy atom. The zero-order valence-corrected chi connectivity index (χ0v) is 5.27. The van der Waals surface area contributed by atoms with Gasteiger partial charge in [-0.2, -0.15) is 0 Å². The van der Waals surface area contributed by atoms with Gasteiger partial charge in [-0.1, -0.05) is 12.1 Å². The first-order chi connectivity index (χ1) is 4.86. The second-order valence-corrected chi connectivity index (χ2v) is 2.24. The van der Waals surface area contributed by atoms with Crippen LogP contribution in [0.1, 0.15) is 5.56 Å². The maximum absolute atomic E-state index is 10.8. The van der Waals surface area contributed by atoms with E-state index in [1.807, 2.05) is 0 Å². The van der Waals surface area contributed by atoms with Gasteiger partial charge in [-0.25, -0.2) is 0 Å². The first-order valence-electron chi connectivity index (χ1n) is 3.07. The number of rotatable bonds is 0. The van der Waals surface area contributed by atoms with E-state index < -0.39 is 0 Å². The lowest BCUT2D eigenvalue weighted by Crippen LogP contribution is -2.03. The van der Waals surface area contributed by atoms with Gasteiger partial charge < -0.3 is 5.32 Å². The number of carbonyl (C=O) groups is 1. The van der Waals surface area contributed by atoms with Crippen LogP contribution in [0, 0.1) is 12.1 Å². The Morgan fingerprint density at radius 2 is 2.20 bits per heavy atom. The minimum atomic E-state index is 0.0583. The van der Waals surface area contributed by atoms with Crippen LogP contribution in [0.5, 0.6) is 0 Å². The molecule has 0 aliphatic carbocycles. The van der Waals surface area contributed by atoms with Gasteiger partial charge in [0.15, 0.2) is 0 Å². The molecule has 1 N–H and O–H groups in total. The number of hydrogen-bond acceptors (Lipinski definition) is 1. The normalized spacial score (nSPS) is 13.8. The molecule has 1 aromatic rings. The summed E-state index contributed by atoms with van der Waals surface area (Å²) in [7, 11) is 0. The lowest BCUT2D eigenvalue weighted by Gasteiger charge is -1.89. The smallest absolute Gasteiger partial charge is 0.228 e. The maximum atomic E-state index is 10.8. The van der Waals surface area contributed by atoms with Crippen molar-refractivity contribution < 1.29 is 4.79 Å². The molecule has 0 saturated carbocycles. The van der Waals surface area contributed by atoms with Crippen LogP contribution >= 0.6 is 0 Å². The highest BCUT2D eigenvalue weighted by molar-refractivity contribution is 5.98. The molecule has 0 bridgehead atoms. The SMILES string of the molecule is O=C1Cc2cc#ccc2N1. The van der Waals surface area contributed by atoms with Crippen LogP contribution in [-0.2, 0) is 11.2 Å². The fourth-order valence-corrected chi connectivity index (χ4v) is 1.04. The van der Waals surface area contributed by atoms with Gasteiger partial charge in [0.05, 0.1) is 12.1 Å². The molecule has 1 amide bonds. The lowest BCUT2D eigenvalue weighted by atomic mass is 10.2. The Hall–Kier alpha value is -1.49. The van der Waals surface area contributed by atoms with Crippen LogP contribution in [0.2, 0.25) is 0 Å². The number of anilines is 1. The van der Waals surface area contributed by atoms with Crippen molar-refractivity contribution in [3.8, 4) is 0 Å². The number of carbonyl (C=O) groups excluding carboxylic acids is 1. The first kappa shape index (κ1) is 5.31. The molecule has 1 aliphatic rings. The highest BCUT2D eigenvalue weighted by Crippen LogP contribution is 2.19. The Kier molecular flexibility index (Phi) is 0.925. The van der Waals surface area contributed by atoms with Gasteiger partial charge in [0.25, 0.3) is 0 Å². The van der Waals surface area contributed by atoms with Crippen molar-refractivity contribution in [2.45, 2.75) is 6.42 Å². The first-order valence-corrected chi connectivity index (χ1v) is 3.07. The summed E-state index contributed by atoms with van der Waals surface area (Å²) < 4.78 is 0. The molecule has 1 aliphatic heterocycles. The molecule has 0 spiro atoms. The third-order valence-corrected chi connectivity index (χ3v) is 1.52. The summed E-state index contributed by atoms with van der Waals surface area (Å²) >= 11 is 0. The third-order valence-electron chi connectivity index (χ3n) is 1.52. The van der Waals surface area contributed by atoms with Crippen LogP contribution in [-0.4, -0.2) is 5.91 Å². The number of nitrogens with one attached hydrogen (secondary N) is 1. The van der Waals surface area contributed by atoms with E-state index in [4.69, 9.17) is 0 Å². The van der Waals surface area contributed by atoms with Crippen LogP contribution in [0.4, 0.5) is 5.69 Å². The molecule has 1 heterocycles. The second-order valence-electron chi connectivity index (χ2n) is 2.24. The highest BCUT2D eigenvalue weighted by Gasteiger charge is 2.15. The van der Waals surface area contributed by atoms with Gasteiger partial charge >= 0.3 is 0 Å². The zero-order valence-electron chi connectivity index (χ0n) is 5.27. The molecule has 0 atom stereocenters. The summed E-state index contributed by atoms with van der Waals surface area (Å²) in [5.74, 6) is 0.0583. The van der Waals surface area contributed by atoms with Crippen molar-refractivity contribution in [1.82, 2.24) is 0 Å². The standard InChI is InChI=1S/C8H5NO/c10-8-5-6-3-1-2-4-7(6)9-8/h3-4H,5H2,(H,9,10). The maximum Gasteiger partial charge on any atom is 0.228 e. The van der Waals surface area contributed by atoms with Gasteiger partial charge in [-0.3, -0.25) is 4.79 Å². The van der Waals surface area contributed by atoms with Crippen LogP contribution in [0.25, 0.3) is 0 Å². The fraction of sp³-hybridized carbons (Fsp3) is 0.125. The van der Waals surface area contributed by atoms with E-state index in [0.29, 0.717) is 6.42 Å². The average Bonchev–Trinajstić information content (AvgIpc) is 2.27. The quantitative estimate of drug-likeness (QED) is 0.554. The molecule has 1 aromatic carbocycles. The van der Waals surface area contributed by atoms with E-state index in [1.54, 1.807) is 12.1 Å². The Labute approximate surface area is 58.9 Å². The molecule has 0 fully saturated rings. The summed E-state index contributed by atoms with van der Waals surface area (Å²) in [5.41, 5.74) is 1.90. The van der Waals surface area contributed by atoms with Crippen molar-refractivity contribution in [3.63, 3.8) is 0 Å². The van der Waals surface area contributed by atoms with E-state index >= 15 is 0 Å². The minimum absolute atomic E-state index is 0.0583. The fourth-order valence-electron chi connectivity index (χ4n) is 1.04. The molecular weight excluding hydrogens is 126 g/mol. The topological polar surface area (TPSA) is 29.1 Å². The second kappa shape index (κ2) is 1.74. The Morgan fingerprint density at radius 3 is 3.00 bits per heavy atom. The van der Waals surface area contributed by atoms with Crippen LogP contribution in [0.15, 0.2) is 12.1 Å². The van der Waals surface area contributed by atoms with E-state index in [2.05, 4.69) is 17.4 Å². The largest absolute Gasteiger partial charge is 0.325 e. The predicted octanol–water partition coefficient (Wildman–Crippen LogP) is 0.782. The molecule has 0 radical (unpaired) electrons. The molecule has 0 unspecified atom stereocenters. The van der Waals surface area contributed by atoms with E-state index in [0.717, 1.165) is 11.3 Å². The summed E-state index contributed by atoms with van der Waals surface area (Å²) in [5, 5.41) is 2.71. The van der Waals surface area contributed by atoms with Crippen LogP contribution < -0.4 is 5.32 Å². The number of fused-ring (bicyclic) bond motifs is 1. The summed E-state index contributed by atoms with van der Waals surface area (Å²) in [6, 6.07) is 9.09. The average molecular weight is 131 g/mol. The molecule has 48 valence electrons. The van der Waals surface area contributed by atoms with Gasteiger partial charge in [-0.05, 0) is 11.6 Å². The Bertz CT molecular complexity index is 253. The molecule has 0 saturated heterocycles. The summed E-state index contributed by atoms with van der Waals surface area (Å²) in [4.78, 5) is 10.8.